The Hall–Kier alpha value is -10.3. The van der Waals surface area contributed by atoms with Gasteiger partial charge < -0.3 is 9.80 Å². The topological polar surface area (TPSA) is 6.48 Å². The van der Waals surface area contributed by atoms with E-state index in [0.717, 1.165) is 50.8 Å². The molecule has 14 rings (SSSR count). The Labute approximate surface area is 463 Å². The van der Waals surface area contributed by atoms with E-state index in [-0.39, 0.29) is 0 Å². The van der Waals surface area contributed by atoms with Gasteiger partial charge in [0.2, 0.25) is 0 Å². The molecule has 0 N–H and O–H groups in total. The summed E-state index contributed by atoms with van der Waals surface area (Å²) in [6, 6.07) is 120. The van der Waals surface area contributed by atoms with Crippen LogP contribution in [0.3, 0.4) is 0 Å². The molecule has 79 heavy (non-hydrogen) atoms. The fraction of sp³-hybridized carbons (Fsp3) is 0.0130. The average molecular weight is 1010 g/mol. The second kappa shape index (κ2) is 20.3. The highest BCUT2D eigenvalue weighted by atomic mass is 15.2. The van der Waals surface area contributed by atoms with E-state index in [9.17, 15) is 0 Å². The summed E-state index contributed by atoms with van der Waals surface area (Å²) in [5.41, 5.74) is 22.4. The summed E-state index contributed by atoms with van der Waals surface area (Å²) >= 11 is 0. The van der Waals surface area contributed by atoms with Crippen molar-refractivity contribution in [2.75, 3.05) is 9.80 Å². The van der Waals surface area contributed by atoms with Gasteiger partial charge in [0.1, 0.15) is 0 Å². The van der Waals surface area contributed by atoms with Crippen LogP contribution in [-0.4, -0.2) is 0 Å². The molecule has 0 aliphatic heterocycles. The largest absolute Gasteiger partial charge is 0.310 e. The van der Waals surface area contributed by atoms with Gasteiger partial charge in [-0.25, -0.2) is 0 Å². The normalized spacial score (nSPS) is 12.2. The lowest BCUT2D eigenvalue weighted by atomic mass is 9.67. The number of para-hydroxylation sites is 2. The third-order valence-corrected chi connectivity index (χ3v) is 15.9. The standard InChI is InChI=1S/C77H54N2/c1-8-24-55(25-9-1)57-40-44-66(45-41-57)79(67-46-48-72-73-52-60(56-26-10-2-11-27-56)43-49-74(73)77(75(72)54-67,62-31-14-4-15-32-62)63-33-16-5-17-34-63)69-51-61(50-68(53-69)78(64-35-18-6-19-36-64)65-37-20-7-21-38-65)71-47-42-58-28-22-23-39-70(58)76(71)59-29-12-3-13-30-59/h1-54H. The van der Waals surface area contributed by atoms with E-state index in [4.69, 9.17) is 0 Å². The molecule has 0 heterocycles. The predicted octanol–water partition coefficient (Wildman–Crippen LogP) is 20.8. The van der Waals surface area contributed by atoms with Crippen molar-refractivity contribution in [1.29, 1.82) is 0 Å². The molecule has 0 spiro atoms. The van der Waals surface area contributed by atoms with Gasteiger partial charge in [-0.3, -0.25) is 0 Å². The lowest BCUT2D eigenvalue weighted by molar-refractivity contribution is 0.768. The van der Waals surface area contributed by atoms with Crippen LogP contribution in [0, 0.1) is 0 Å². The van der Waals surface area contributed by atoms with Crippen molar-refractivity contribution in [3.05, 3.63) is 350 Å². The molecule has 13 aromatic carbocycles. The first kappa shape index (κ1) is 47.2. The van der Waals surface area contributed by atoms with Crippen molar-refractivity contribution in [2.24, 2.45) is 0 Å². The molecule has 1 aliphatic carbocycles. The summed E-state index contributed by atoms with van der Waals surface area (Å²) in [6.45, 7) is 0. The van der Waals surface area contributed by atoms with Crippen LogP contribution < -0.4 is 9.80 Å². The molecule has 0 amide bonds. The van der Waals surface area contributed by atoms with Crippen LogP contribution in [-0.2, 0) is 5.41 Å². The van der Waals surface area contributed by atoms with Crippen LogP contribution >= 0.6 is 0 Å². The number of benzene rings is 13. The molecule has 2 nitrogen and oxygen atoms in total. The molecule has 13 aromatic rings. The van der Waals surface area contributed by atoms with Crippen LogP contribution in [0.1, 0.15) is 22.3 Å². The second-order valence-corrected chi connectivity index (χ2v) is 20.4. The zero-order valence-electron chi connectivity index (χ0n) is 43.6. The number of fused-ring (bicyclic) bond motifs is 4. The first-order valence-corrected chi connectivity index (χ1v) is 27.2. The van der Waals surface area contributed by atoms with E-state index < -0.39 is 5.41 Å². The SMILES string of the molecule is c1ccc(-c2ccc(N(c3cc(-c4ccc5ccccc5c4-c4ccccc4)cc(N(c4ccccc4)c4ccccc4)c3)c3ccc4c(c3)C(c3ccccc3)(c3ccccc3)c3ccc(-c5ccccc5)cc3-4)cc2)cc1. The minimum atomic E-state index is -0.638. The van der Waals surface area contributed by atoms with E-state index in [2.05, 4.69) is 337 Å². The van der Waals surface area contributed by atoms with Crippen molar-refractivity contribution in [3.63, 3.8) is 0 Å². The summed E-state index contributed by atoms with van der Waals surface area (Å²) < 4.78 is 0. The highest BCUT2D eigenvalue weighted by Gasteiger charge is 2.46. The van der Waals surface area contributed by atoms with Crippen LogP contribution in [0.2, 0.25) is 0 Å². The quantitative estimate of drug-likeness (QED) is 0.120. The first-order valence-electron chi connectivity index (χ1n) is 27.2. The molecule has 1 aliphatic rings. The summed E-state index contributed by atoms with van der Waals surface area (Å²) in [7, 11) is 0. The number of hydrogen-bond donors (Lipinski definition) is 0. The molecule has 0 saturated heterocycles. The predicted molar refractivity (Wildman–Crippen MR) is 332 cm³/mol. The maximum atomic E-state index is 2.49. The van der Waals surface area contributed by atoms with E-state index in [1.165, 1.54) is 72.0 Å². The van der Waals surface area contributed by atoms with Gasteiger partial charge in [0.25, 0.3) is 0 Å². The van der Waals surface area contributed by atoms with Crippen LogP contribution in [0.15, 0.2) is 328 Å². The molecule has 0 radical (unpaired) electrons. The van der Waals surface area contributed by atoms with Gasteiger partial charge in [0, 0.05) is 34.1 Å². The van der Waals surface area contributed by atoms with Gasteiger partial charge in [-0.1, -0.05) is 255 Å². The molecular formula is C77H54N2. The molecule has 0 aromatic heterocycles. The highest BCUT2D eigenvalue weighted by molar-refractivity contribution is 6.05. The average Bonchev–Trinajstić information content (AvgIpc) is 3.99. The van der Waals surface area contributed by atoms with Crippen LogP contribution in [0.5, 0.6) is 0 Å². The van der Waals surface area contributed by atoms with E-state index in [1.807, 2.05) is 0 Å². The fourth-order valence-electron chi connectivity index (χ4n) is 12.3. The second-order valence-electron chi connectivity index (χ2n) is 20.4. The van der Waals surface area contributed by atoms with Crippen molar-refractivity contribution < 1.29 is 0 Å². The molecule has 0 atom stereocenters. The summed E-state index contributed by atoms with van der Waals surface area (Å²) in [4.78, 5) is 4.88. The lowest BCUT2D eigenvalue weighted by Crippen LogP contribution is -2.28. The van der Waals surface area contributed by atoms with Gasteiger partial charge in [-0.15, -0.1) is 0 Å². The zero-order chi connectivity index (χ0) is 52.5. The molecule has 0 saturated carbocycles. The van der Waals surface area contributed by atoms with Crippen molar-refractivity contribution >= 4 is 44.9 Å². The smallest absolute Gasteiger partial charge is 0.0714 e. The molecule has 372 valence electrons. The van der Waals surface area contributed by atoms with Crippen LogP contribution in [0.4, 0.5) is 34.1 Å². The number of anilines is 6. The first-order chi connectivity index (χ1) is 39.2. The van der Waals surface area contributed by atoms with E-state index in [1.54, 1.807) is 0 Å². The Balaban J connectivity index is 1.07. The van der Waals surface area contributed by atoms with Gasteiger partial charge in [-0.2, -0.15) is 0 Å². The van der Waals surface area contributed by atoms with Crippen molar-refractivity contribution in [2.45, 2.75) is 5.41 Å². The highest BCUT2D eigenvalue weighted by Crippen LogP contribution is 2.58. The third-order valence-electron chi connectivity index (χ3n) is 15.9. The van der Waals surface area contributed by atoms with Gasteiger partial charge in [0.15, 0.2) is 0 Å². The molecular weight excluding hydrogens is 953 g/mol. The molecule has 0 unspecified atom stereocenters. The van der Waals surface area contributed by atoms with Crippen molar-refractivity contribution in [3.8, 4) is 55.6 Å². The Bertz CT molecular complexity index is 4180. The maximum Gasteiger partial charge on any atom is 0.0714 e. The van der Waals surface area contributed by atoms with E-state index in [0.29, 0.717) is 0 Å². The Morgan fingerprint density at radius 3 is 1.23 bits per heavy atom. The number of nitrogens with zero attached hydrogens (tertiary/aromatic N) is 2. The summed E-state index contributed by atoms with van der Waals surface area (Å²) in [6.07, 6.45) is 0. The third kappa shape index (κ3) is 8.48. The minimum absolute atomic E-state index is 0.638. The van der Waals surface area contributed by atoms with E-state index >= 15 is 0 Å². The van der Waals surface area contributed by atoms with Crippen LogP contribution in [0.25, 0.3) is 66.4 Å². The lowest BCUT2D eigenvalue weighted by Gasteiger charge is -2.35. The van der Waals surface area contributed by atoms with Crippen molar-refractivity contribution in [1.82, 2.24) is 0 Å². The van der Waals surface area contributed by atoms with Gasteiger partial charge >= 0.3 is 0 Å². The molecule has 0 fully saturated rings. The maximum absolute atomic E-state index is 2.49. The Morgan fingerprint density at radius 1 is 0.215 bits per heavy atom. The molecule has 0 bridgehead atoms. The summed E-state index contributed by atoms with van der Waals surface area (Å²) in [5, 5.41) is 2.41. The molecule has 2 heteroatoms. The van der Waals surface area contributed by atoms with Gasteiger partial charge in [-0.05, 0) is 161 Å². The number of hydrogen-bond acceptors (Lipinski definition) is 2. The Kier molecular flexibility index (Phi) is 12.2. The Morgan fingerprint density at radius 2 is 0.646 bits per heavy atom. The fourth-order valence-corrected chi connectivity index (χ4v) is 12.3. The number of rotatable bonds is 12. The zero-order valence-corrected chi connectivity index (χ0v) is 43.6. The monoisotopic (exact) mass is 1010 g/mol. The van der Waals surface area contributed by atoms with Gasteiger partial charge in [0.05, 0.1) is 5.41 Å². The summed E-state index contributed by atoms with van der Waals surface area (Å²) in [5.74, 6) is 0. The minimum Gasteiger partial charge on any atom is -0.310 e.